The molecule has 0 amide bonds. The first-order valence-electron chi connectivity index (χ1n) is 6.73. The highest BCUT2D eigenvalue weighted by atomic mass is 16.3. The van der Waals surface area contributed by atoms with Gasteiger partial charge >= 0.3 is 0 Å². The molecule has 3 nitrogen and oxygen atoms in total. The van der Waals surface area contributed by atoms with Gasteiger partial charge in [0.2, 0.25) is 0 Å². The summed E-state index contributed by atoms with van der Waals surface area (Å²) in [6.07, 6.45) is 2.94. The summed E-state index contributed by atoms with van der Waals surface area (Å²) in [5.74, 6) is 1.50. The van der Waals surface area contributed by atoms with Crippen LogP contribution in [0.2, 0.25) is 0 Å². The van der Waals surface area contributed by atoms with Gasteiger partial charge in [-0.3, -0.25) is 0 Å². The van der Waals surface area contributed by atoms with Crippen LogP contribution in [0.15, 0.2) is 48.7 Å². The Morgan fingerprint density at radius 2 is 2.00 bits per heavy atom. The summed E-state index contributed by atoms with van der Waals surface area (Å²) in [5.41, 5.74) is 2.31. The Balaban J connectivity index is 1.79. The van der Waals surface area contributed by atoms with E-state index < -0.39 is 0 Å². The van der Waals surface area contributed by atoms with Crippen LogP contribution in [0.4, 0.5) is 5.82 Å². The monoisotopic (exact) mass is 254 g/mol. The molecule has 1 unspecified atom stereocenters. The maximum atomic E-state index is 9.40. The van der Waals surface area contributed by atoms with Crippen molar-refractivity contribution < 1.29 is 5.11 Å². The minimum Gasteiger partial charge on any atom is -0.392 e. The highest BCUT2D eigenvalue weighted by Gasteiger charge is 2.25. The number of aromatic nitrogens is 1. The van der Waals surface area contributed by atoms with E-state index in [1.165, 1.54) is 5.56 Å². The summed E-state index contributed by atoms with van der Waals surface area (Å²) in [4.78, 5) is 6.71. The molecule has 0 saturated carbocycles. The van der Waals surface area contributed by atoms with E-state index in [9.17, 15) is 5.11 Å². The topological polar surface area (TPSA) is 36.4 Å². The zero-order chi connectivity index (χ0) is 13.1. The molecule has 1 fully saturated rings. The number of aliphatic hydroxyl groups excluding tert-OH is 1. The Bertz CT molecular complexity index is 541. The van der Waals surface area contributed by atoms with Gasteiger partial charge in [0.25, 0.3) is 0 Å². The van der Waals surface area contributed by atoms with Crippen LogP contribution in [0.25, 0.3) is 0 Å². The minimum atomic E-state index is 0.0513. The van der Waals surface area contributed by atoms with E-state index in [-0.39, 0.29) is 6.61 Å². The van der Waals surface area contributed by atoms with Crippen LogP contribution in [0.5, 0.6) is 0 Å². The lowest BCUT2D eigenvalue weighted by Gasteiger charge is -2.20. The first kappa shape index (κ1) is 12.2. The van der Waals surface area contributed by atoms with Crippen molar-refractivity contribution in [2.75, 3.05) is 18.0 Å². The van der Waals surface area contributed by atoms with Crippen LogP contribution in [-0.4, -0.2) is 23.2 Å². The first-order valence-corrected chi connectivity index (χ1v) is 6.73. The van der Waals surface area contributed by atoms with Crippen LogP contribution in [-0.2, 0) is 6.61 Å². The van der Waals surface area contributed by atoms with Gasteiger partial charge in [0, 0.05) is 30.8 Å². The number of anilines is 1. The van der Waals surface area contributed by atoms with Crippen molar-refractivity contribution in [3.05, 3.63) is 59.8 Å². The molecule has 1 aromatic carbocycles. The molecule has 0 radical (unpaired) electrons. The third-order valence-corrected chi connectivity index (χ3v) is 3.80. The number of pyridine rings is 1. The Hall–Kier alpha value is -1.87. The van der Waals surface area contributed by atoms with Gasteiger partial charge in [-0.05, 0) is 18.1 Å². The van der Waals surface area contributed by atoms with Crippen molar-refractivity contribution >= 4 is 5.82 Å². The fourth-order valence-corrected chi connectivity index (χ4v) is 2.79. The number of benzene rings is 1. The largest absolute Gasteiger partial charge is 0.392 e. The van der Waals surface area contributed by atoms with Crippen LogP contribution >= 0.6 is 0 Å². The van der Waals surface area contributed by atoms with Crippen molar-refractivity contribution in [2.24, 2.45) is 0 Å². The van der Waals surface area contributed by atoms with Crippen LogP contribution in [0.1, 0.15) is 23.5 Å². The summed E-state index contributed by atoms with van der Waals surface area (Å²) >= 11 is 0. The number of nitrogens with zero attached hydrogens (tertiary/aromatic N) is 2. The maximum absolute atomic E-state index is 9.40. The van der Waals surface area contributed by atoms with Crippen molar-refractivity contribution in [2.45, 2.75) is 18.9 Å². The van der Waals surface area contributed by atoms with Gasteiger partial charge in [0.05, 0.1) is 6.61 Å². The quantitative estimate of drug-likeness (QED) is 0.914. The lowest BCUT2D eigenvalue weighted by molar-refractivity contribution is 0.281. The molecule has 2 aromatic rings. The van der Waals surface area contributed by atoms with E-state index in [0.717, 1.165) is 30.9 Å². The molecule has 19 heavy (non-hydrogen) atoms. The SMILES string of the molecule is OCc1cccnc1N1CCC(c2ccccc2)C1. The van der Waals surface area contributed by atoms with Gasteiger partial charge in [-0.25, -0.2) is 4.98 Å². The molecule has 1 aromatic heterocycles. The second-order valence-electron chi connectivity index (χ2n) is 4.99. The Labute approximate surface area is 113 Å². The van der Waals surface area contributed by atoms with Crippen LogP contribution < -0.4 is 4.90 Å². The fourth-order valence-electron chi connectivity index (χ4n) is 2.79. The van der Waals surface area contributed by atoms with E-state index in [4.69, 9.17) is 0 Å². The van der Waals surface area contributed by atoms with E-state index in [2.05, 4.69) is 40.2 Å². The van der Waals surface area contributed by atoms with E-state index in [0.29, 0.717) is 5.92 Å². The molecular formula is C16H18N2O. The minimum absolute atomic E-state index is 0.0513. The summed E-state index contributed by atoms with van der Waals surface area (Å²) < 4.78 is 0. The lowest BCUT2D eigenvalue weighted by Crippen LogP contribution is -2.21. The average Bonchev–Trinajstić information content (AvgIpc) is 2.98. The predicted molar refractivity (Wildman–Crippen MR) is 76.2 cm³/mol. The molecule has 0 bridgehead atoms. The van der Waals surface area contributed by atoms with Crippen molar-refractivity contribution in [3.8, 4) is 0 Å². The third-order valence-electron chi connectivity index (χ3n) is 3.80. The average molecular weight is 254 g/mol. The summed E-state index contributed by atoms with van der Waals surface area (Å²) in [6, 6.07) is 14.5. The molecule has 1 atom stereocenters. The molecule has 1 N–H and O–H groups in total. The summed E-state index contributed by atoms with van der Waals surface area (Å²) in [6.45, 7) is 2.03. The molecule has 1 aliphatic rings. The van der Waals surface area contributed by atoms with E-state index in [1.807, 2.05) is 12.1 Å². The van der Waals surface area contributed by atoms with Crippen molar-refractivity contribution in [3.63, 3.8) is 0 Å². The van der Waals surface area contributed by atoms with Crippen LogP contribution in [0, 0.1) is 0 Å². The number of aliphatic hydroxyl groups is 1. The van der Waals surface area contributed by atoms with Gasteiger partial charge in [-0.15, -0.1) is 0 Å². The zero-order valence-corrected chi connectivity index (χ0v) is 10.9. The smallest absolute Gasteiger partial charge is 0.134 e. The number of hydrogen-bond donors (Lipinski definition) is 1. The normalized spacial score (nSPS) is 18.8. The molecule has 98 valence electrons. The van der Waals surface area contributed by atoms with Gasteiger partial charge in [-0.1, -0.05) is 36.4 Å². The highest BCUT2D eigenvalue weighted by molar-refractivity contribution is 5.48. The van der Waals surface area contributed by atoms with Crippen LogP contribution in [0.3, 0.4) is 0 Å². The molecule has 1 aliphatic heterocycles. The van der Waals surface area contributed by atoms with Crippen molar-refractivity contribution in [1.29, 1.82) is 0 Å². The van der Waals surface area contributed by atoms with Gasteiger partial charge in [0.15, 0.2) is 0 Å². The van der Waals surface area contributed by atoms with E-state index >= 15 is 0 Å². The molecule has 0 spiro atoms. The second kappa shape index (κ2) is 5.41. The maximum Gasteiger partial charge on any atom is 0.134 e. The lowest BCUT2D eigenvalue weighted by atomic mass is 9.99. The molecule has 2 heterocycles. The number of hydrogen-bond acceptors (Lipinski definition) is 3. The molecular weight excluding hydrogens is 236 g/mol. The number of rotatable bonds is 3. The van der Waals surface area contributed by atoms with Gasteiger partial charge in [-0.2, -0.15) is 0 Å². The Morgan fingerprint density at radius 1 is 1.16 bits per heavy atom. The van der Waals surface area contributed by atoms with Crippen molar-refractivity contribution in [1.82, 2.24) is 4.98 Å². The molecule has 1 saturated heterocycles. The Kier molecular flexibility index (Phi) is 3.47. The second-order valence-corrected chi connectivity index (χ2v) is 4.99. The van der Waals surface area contributed by atoms with Gasteiger partial charge in [0.1, 0.15) is 5.82 Å². The van der Waals surface area contributed by atoms with Gasteiger partial charge < -0.3 is 10.0 Å². The zero-order valence-electron chi connectivity index (χ0n) is 10.9. The summed E-state index contributed by atoms with van der Waals surface area (Å²) in [5, 5.41) is 9.40. The fraction of sp³-hybridized carbons (Fsp3) is 0.312. The summed E-state index contributed by atoms with van der Waals surface area (Å²) in [7, 11) is 0. The standard InChI is InChI=1S/C16H18N2O/c19-12-15-7-4-9-17-16(15)18-10-8-14(11-18)13-5-2-1-3-6-13/h1-7,9,14,19H,8,10-12H2. The first-order chi connectivity index (χ1) is 9.38. The molecule has 0 aliphatic carbocycles. The molecule has 3 rings (SSSR count). The Morgan fingerprint density at radius 3 is 2.79 bits per heavy atom. The highest BCUT2D eigenvalue weighted by Crippen LogP contribution is 2.31. The molecule has 3 heteroatoms. The predicted octanol–water partition coefficient (Wildman–Crippen LogP) is 2.57. The van der Waals surface area contributed by atoms with E-state index in [1.54, 1.807) is 6.20 Å². The third kappa shape index (κ3) is 2.47.